The van der Waals surface area contributed by atoms with Crippen molar-refractivity contribution in [2.24, 2.45) is 7.05 Å². The van der Waals surface area contributed by atoms with Gasteiger partial charge in [0.2, 0.25) is 5.43 Å². The number of benzene rings is 1. The average Bonchev–Trinajstić information content (AvgIpc) is 2.96. The smallest absolute Gasteiger partial charge is 0.278 e. The second-order valence-electron chi connectivity index (χ2n) is 4.82. The van der Waals surface area contributed by atoms with Crippen molar-refractivity contribution < 1.29 is 4.79 Å². The molecule has 19 heavy (non-hydrogen) atoms. The van der Waals surface area contributed by atoms with E-state index >= 15 is 0 Å². The number of hydrogen-bond donors (Lipinski definition) is 0. The molecule has 1 aromatic carbocycles. The number of aryl methyl sites for hydroxylation is 1. The molecule has 1 aliphatic rings. The Hall–Kier alpha value is -2.17. The molecule has 0 saturated carbocycles. The molecule has 1 amide bonds. The van der Waals surface area contributed by atoms with Gasteiger partial charge in [-0.25, -0.2) is 0 Å². The number of nitrogens with zero attached hydrogens (tertiary/aromatic N) is 3. The Labute approximate surface area is 110 Å². The van der Waals surface area contributed by atoms with Crippen LogP contribution in [0.3, 0.4) is 0 Å². The van der Waals surface area contributed by atoms with Crippen LogP contribution in [0.25, 0.3) is 10.9 Å². The molecule has 5 heteroatoms. The van der Waals surface area contributed by atoms with E-state index in [0.29, 0.717) is 5.39 Å². The molecule has 1 saturated heterocycles. The molecule has 2 aromatic rings. The Morgan fingerprint density at radius 3 is 2.63 bits per heavy atom. The van der Waals surface area contributed by atoms with Gasteiger partial charge in [-0.05, 0) is 25.0 Å². The molecule has 1 fully saturated rings. The highest BCUT2D eigenvalue weighted by molar-refractivity contribution is 5.95. The number of fused-ring (bicyclic) bond motifs is 1. The van der Waals surface area contributed by atoms with E-state index in [2.05, 4.69) is 5.10 Å². The van der Waals surface area contributed by atoms with E-state index < -0.39 is 0 Å². The first kappa shape index (κ1) is 11.9. The summed E-state index contributed by atoms with van der Waals surface area (Å²) in [6.45, 7) is 1.44. The van der Waals surface area contributed by atoms with Crippen LogP contribution in [0.4, 0.5) is 0 Å². The summed E-state index contributed by atoms with van der Waals surface area (Å²) in [5.41, 5.74) is 0.499. The molecule has 0 N–H and O–H groups in total. The first-order valence-corrected chi connectivity index (χ1v) is 6.44. The number of rotatable bonds is 1. The second-order valence-corrected chi connectivity index (χ2v) is 4.82. The monoisotopic (exact) mass is 257 g/mol. The highest BCUT2D eigenvalue weighted by Gasteiger charge is 2.24. The summed E-state index contributed by atoms with van der Waals surface area (Å²) in [6.07, 6.45) is 2.00. The van der Waals surface area contributed by atoms with Gasteiger partial charge in [-0.1, -0.05) is 12.1 Å². The lowest BCUT2D eigenvalue weighted by Crippen LogP contribution is -2.34. The van der Waals surface area contributed by atoms with Crippen molar-refractivity contribution in [1.82, 2.24) is 14.7 Å². The summed E-state index contributed by atoms with van der Waals surface area (Å²) < 4.78 is 1.60. The van der Waals surface area contributed by atoms with Crippen molar-refractivity contribution in [2.75, 3.05) is 13.1 Å². The normalized spacial score (nSPS) is 15.1. The lowest BCUT2D eigenvalue weighted by Gasteiger charge is -2.15. The minimum absolute atomic E-state index is 0.0306. The molecule has 0 aliphatic carbocycles. The van der Waals surface area contributed by atoms with Crippen LogP contribution in [0, 0.1) is 0 Å². The predicted octanol–water partition coefficient (Wildman–Crippen LogP) is 1.17. The van der Waals surface area contributed by atoms with E-state index in [4.69, 9.17) is 0 Å². The van der Waals surface area contributed by atoms with Gasteiger partial charge in [0.1, 0.15) is 0 Å². The number of hydrogen-bond acceptors (Lipinski definition) is 3. The van der Waals surface area contributed by atoms with Crippen LogP contribution in [0.15, 0.2) is 29.1 Å². The van der Waals surface area contributed by atoms with Gasteiger partial charge in [0.25, 0.3) is 5.91 Å². The molecule has 0 unspecified atom stereocenters. The topological polar surface area (TPSA) is 55.2 Å². The molecule has 5 nitrogen and oxygen atoms in total. The first-order chi connectivity index (χ1) is 9.18. The quantitative estimate of drug-likeness (QED) is 0.770. The van der Waals surface area contributed by atoms with Gasteiger partial charge in [-0.3, -0.25) is 14.3 Å². The molecular weight excluding hydrogens is 242 g/mol. The number of carbonyl (C=O) groups is 1. The number of amides is 1. The lowest BCUT2D eigenvalue weighted by molar-refractivity contribution is 0.0783. The Kier molecular flexibility index (Phi) is 2.81. The summed E-state index contributed by atoms with van der Waals surface area (Å²) in [7, 11) is 1.75. The summed E-state index contributed by atoms with van der Waals surface area (Å²) >= 11 is 0. The standard InChI is InChI=1S/C14H15N3O2/c1-16-11-7-3-2-6-10(11)13(18)12(15-16)14(19)17-8-4-5-9-17/h2-3,6-7H,4-5,8-9H2,1H3. The molecule has 0 bridgehead atoms. The Balaban J connectivity index is 2.16. The Morgan fingerprint density at radius 2 is 1.89 bits per heavy atom. The summed E-state index contributed by atoms with van der Waals surface area (Å²) in [5.74, 6) is -0.246. The van der Waals surface area contributed by atoms with Crippen LogP contribution in [0.2, 0.25) is 0 Å². The summed E-state index contributed by atoms with van der Waals surface area (Å²) in [6, 6.07) is 7.22. The summed E-state index contributed by atoms with van der Waals surface area (Å²) in [4.78, 5) is 26.4. The third-order valence-electron chi connectivity index (χ3n) is 3.56. The SMILES string of the molecule is Cn1nc(C(=O)N2CCCC2)c(=O)c2ccccc21. The van der Waals surface area contributed by atoms with Crippen molar-refractivity contribution in [1.29, 1.82) is 0 Å². The first-order valence-electron chi connectivity index (χ1n) is 6.44. The Morgan fingerprint density at radius 1 is 1.21 bits per heavy atom. The zero-order valence-corrected chi connectivity index (χ0v) is 10.8. The van der Waals surface area contributed by atoms with Gasteiger partial charge in [0, 0.05) is 25.5 Å². The van der Waals surface area contributed by atoms with Crippen molar-refractivity contribution >= 4 is 16.8 Å². The van der Waals surface area contributed by atoms with Gasteiger partial charge in [-0.2, -0.15) is 5.10 Å². The van der Waals surface area contributed by atoms with Crippen LogP contribution in [-0.4, -0.2) is 33.7 Å². The van der Waals surface area contributed by atoms with Gasteiger partial charge in [0.15, 0.2) is 5.69 Å². The van der Waals surface area contributed by atoms with E-state index in [-0.39, 0.29) is 17.0 Å². The minimum Gasteiger partial charge on any atom is -0.337 e. The predicted molar refractivity (Wildman–Crippen MR) is 72.1 cm³/mol. The summed E-state index contributed by atoms with van der Waals surface area (Å²) in [5, 5.41) is 4.70. The van der Waals surface area contributed by atoms with Gasteiger partial charge >= 0.3 is 0 Å². The van der Waals surface area contributed by atoms with E-state index in [1.807, 2.05) is 12.1 Å². The van der Waals surface area contributed by atoms with Crippen LogP contribution >= 0.6 is 0 Å². The van der Waals surface area contributed by atoms with Crippen LogP contribution in [-0.2, 0) is 7.05 Å². The molecule has 1 aliphatic heterocycles. The van der Waals surface area contributed by atoms with Crippen molar-refractivity contribution in [3.8, 4) is 0 Å². The molecule has 0 radical (unpaired) electrons. The third-order valence-corrected chi connectivity index (χ3v) is 3.56. The van der Waals surface area contributed by atoms with Crippen LogP contribution < -0.4 is 5.43 Å². The minimum atomic E-state index is -0.273. The molecule has 2 heterocycles. The highest BCUT2D eigenvalue weighted by Crippen LogP contribution is 2.12. The maximum Gasteiger partial charge on any atom is 0.278 e. The average molecular weight is 257 g/mol. The van der Waals surface area contributed by atoms with Gasteiger partial charge in [-0.15, -0.1) is 0 Å². The largest absolute Gasteiger partial charge is 0.337 e. The van der Waals surface area contributed by atoms with Crippen molar-refractivity contribution in [2.45, 2.75) is 12.8 Å². The fraction of sp³-hybridized carbons (Fsp3) is 0.357. The maximum atomic E-state index is 12.4. The lowest BCUT2D eigenvalue weighted by atomic mass is 10.2. The molecular formula is C14H15N3O2. The molecule has 98 valence electrons. The molecule has 0 atom stereocenters. The van der Waals surface area contributed by atoms with E-state index in [9.17, 15) is 9.59 Å². The van der Waals surface area contributed by atoms with Crippen LogP contribution in [0.1, 0.15) is 23.3 Å². The van der Waals surface area contributed by atoms with Gasteiger partial charge < -0.3 is 4.90 Å². The van der Waals surface area contributed by atoms with Crippen LogP contribution in [0.5, 0.6) is 0 Å². The van der Waals surface area contributed by atoms with E-state index in [0.717, 1.165) is 31.4 Å². The maximum absolute atomic E-state index is 12.4. The third kappa shape index (κ3) is 1.91. The number of carbonyl (C=O) groups excluding carboxylic acids is 1. The molecule has 3 rings (SSSR count). The van der Waals surface area contributed by atoms with Gasteiger partial charge in [0.05, 0.1) is 5.52 Å². The fourth-order valence-electron chi connectivity index (χ4n) is 2.53. The number of aromatic nitrogens is 2. The van der Waals surface area contributed by atoms with E-state index in [1.165, 1.54) is 0 Å². The fourth-order valence-corrected chi connectivity index (χ4v) is 2.53. The van der Waals surface area contributed by atoms with E-state index in [1.54, 1.807) is 28.8 Å². The number of para-hydroxylation sites is 1. The van der Waals surface area contributed by atoms with Crippen molar-refractivity contribution in [3.05, 3.63) is 40.2 Å². The second kappa shape index (κ2) is 4.50. The highest BCUT2D eigenvalue weighted by atomic mass is 16.2. The Bertz CT molecular complexity index is 699. The van der Waals surface area contributed by atoms with Crippen molar-refractivity contribution in [3.63, 3.8) is 0 Å². The molecule has 1 aromatic heterocycles. The zero-order chi connectivity index (χ0) is 13.4. The zero-order valence-electron chi connectivity index (χ0n) is 10.8. The number of likely N-dealkylation sites (tertiary alicyclic amines) is 1. The molecule has 0 spiro atoms.